The van der Waals surface area contributed by atoms with Crippen LogP contribution in [0.1, 0.15) is 162 Å². The highest BCUT2D eigenvalue weighted by atomic mass is 31.2. The van der Waals surface area contributed by atoms with E-state index in [0.29, 0.717) is 12.8 Å². The molecule has 2 aliphatic heterocycles. The van der Waals surface area contributed by atoms with Gasteiger partial charge in [0.2, 0.25) is 0 Å². The van der Waals surface area contributed by atoms with Gasteiger partial charge in [0, 0.05) is 25.2 Å². The van der Waals surface area contributed by atoms with Crippen molar-refractivity contribution in [2.45, 2.75) is 229 Å². The molecule has 0 radical (unpaired) electrons. The van der Waals surface area contributed by atoms with Gasteiger partial charge in [-0.25, -0.2) is 9.13 Å². The molecule has 2 aliphatic rings. The van der Waals surface area contributed by atoms with Gasteiger partial charge < -0.3 is 64.6 Å². The summed E-state index contributed by atoms with van der Waals surface area (Å²) >= 11 is 0. The van der Waals surface area contributed by atoms with Crippen LogP contribution in [0, 0.1) is 5.92 Å². The minimum Gasteiger partial charge on any atom is -0.462 e. The van der Waals surface area contributed by atoms with Crippen LogP contribution in [-0.4, -0.2) is 143 Å². The minimum atomic E-state index is -5.79. The van der Waals surface area contributed by atoms with Crippen molar-refractivity contribution in [3.8, 4) is 0 Å². The molecule has 13 atom stereocenters. The third kappa shape index (κ3) is 27.6. The summed E-state index contributed by atoms with van der Waals surface area (Å²) in [6, 6.07) is 0. The van der Waals surface area contributed by atoms with Crippen molar-refractivity contribution in [1.82, 2.24) is 0 Å². The molecule has 0 aromatic heterocycles. The molecule has 2 rings (SSSR count). The highest BCUT2D eigenvalue weighted by molar-refractivity contribution is 7.47. The van der Waals surface area contributed by atoms with Crippen LogP contribution >= 0.6 is 15.6 Å². The summed E-state index contributed by atoms with van der Waals surface area (Å²) < 4.78 is 57.7. The van der Waals surface area contributed by atoms with Gasteiger partial charge in [0.15, 0.2) is 12.4 Å². The van der Waals surface area contributed by atoms with E-state index in [4.69, 9.17) is 27.8 Å². The Kier molecular flexibility index (Phi) is 32.3. The van der Waals surface area contributed by atoms with Crippen LogP contribution in [0.4, 0.5) is 0 Å². The topological polar surface area (TPSA) is 326 Å². The SMILES string of the molecule is CCCCCC/C=C\CCCCCCCCCC(=O)OC[C@@H]1COP(=O)(O)O[C@H]2[C@H](O)[C@@H](O)[C@H](O)[C@@H](CC=CCCCC(=O)O1)[C@@H](O)CC(O)O[C@H](C=C[C@@H](O)CCCCC)[C@@H](O)[C@H]2OP(=O)(O)O. The molecule has 0 aliphatic carbocycles. The standard InChI is InChI=1S/C47H84O20P2/c1-3-5-7-8-9-10-11-12-13-14-15-16-17-18-23-27-39(50)62-32-35-33-63-69(60,61)67-47-45(56)44(55)42(53)36(26-22-19-20-24-28-40(51)64-35)37(49)31-41(52)65-38(30-29-34(48)25-21-6-4-2)43(54)46(47)66-68(57,58)59/h10-11,19,22,29-30,34-38,41-49,52-56H,3-9,12-18,20-21,23-28,31-33H2,1-2H3,(H,60,61)(H2,57,58,59)/b11-10-,22-19?,30-29?/t34-,35+,36-,37-,38+,41?,42+,43+,44-,45+,46+,47-/m0/s1. The number of carbonyl (C=O) groups is 2. The zero-order valence-corrected chi connectivity index (χ0v) is 42.3. The molecule has 22 heteroatoms. The van der Waals surface area contributed by atoms with E-state index in [2.05, 4.69) is 19.1 Å². The molecule has 1 fully saturated rings. The number of cyclic esters (lactones) is 1. The first-order valence-electron chi connectivity index (χ1n) is 24.9. The lowest BCUT2D eigenvalue weighted by Gasteiger charge is -2.41. The van der Waals surface area contributed by atoms with Crippen molar-refractivity contribution < 1.29 is 96.9 Å². The maximum absolute atomic E-state index is 13.7. The largest absolute Gasteiger partial charge is 0.472 e. The van der Waals surface area contributed by atoms with Gasteiger partial charge in [-0.3, -0.25) is 23.2 Å². The predicted molar refractivity (Wildman–Crippen MR) is 254 cm³/mol. The van der Waals surface area contributed by atoms with Gasteiger partial charge >= 0.3 is 27.6 Å². The van der Waals surface area contributed by atoms with Crippen LogP contribution < -0.4 is 0 Å². The Morgan fingerprint density at radius 2 is 1.48 bits per heavy atom. The molecule has 0 saturated carbocycles. The fourth-order valence-electron chi connectivity index (χ4n) is 8.00. The zero-order chi connectivity index (χ0) is 51.2. The van der Waals surface area contributed by atoms with Gasteiger partial charge in [0.05, 0.1) is 24.9 Å². The molecule has 69 heavy (non-hydrogen) atoms. The predicted octanol–water partition coefficient (Wildman–Crippen LogP) is 5.61. The molecule has 10 N–H and O–H groups in total. The van der Waals surface area contributed by atoms with E-state index < -0.39 is 120 Å². The summed E-state index contributed by atoms with van der Waals surface area (Å²) in [7, 11) is -11.5. The summed E-state index contributed by atoms with van der Waals surface area (Å²) in [6.45, 7) is 2.52. The van der Waals surface area contributed by atoms with Gasteiger partial charge in [0.1, 0.15) is 43.2 Å². The zero-order valence-electron chi connectivity index (χ0n) is 40.5. The van der Waals surface area contributed by atoms with E-state index in [0.717, 1.165) is 76.4 Å². The van der Waals surface area contributed by atoms with Crippen LogP contribution in [0.3, 0.4) is 0 Å². The molecule has 1 saturated heterocycles. The number of phosphoric ester groups is 2. The number of phosphoric acid groups is 2. The minimum absolute atomic E-state index is 0.0438. The second-order valence-corrected chi connectivity index (χ2v) is 20.7. The fraction of sp³-hybridized carbons (Fsp3) is 0.830. The summed E-state index contributed by atoms with van der Waals surface area (Å²) in [5.41, 5.74) is 0. The van der Waals surface area contributed by atoms with Crippen LogP contribution in [-0.2, 0) is 46.5 Å². The van der Waals surface area contributed by atoms with Crippen LogP contribution in [0.25, 0.3) is 0 Å². The van der Waals surface area contributed by atoms with Crippen molar-refractivity contribution in [3.05, 3.63) is 36.5 Å². The van der Waals surface area contributed by atoms with E-state index >= 15 is 0 Å². The van der Waals surface area contributed by atoms with Crippen molar-refractivity contribution in [2.75, 3.05) is 13.2 Å². The number of ether oxygens (including phenoxy) is 3. The Balaban J connectivity index is 2.31. The molecule has 20 nitrogen and oxygen atoms in total. The monoisotopic (exact) mass is 1030 g/mol. The molecule has 402 valence electrons. The Bertz CT molecular complexity index is 1590. The maximum atomic E-state index is 13.7. The molecule has 0 aromatic carbocycles. The van der Waals surface area contributed by atoms with Gasteiger partial charge in [-0.2, -0.15) is 0 Å². The number of carbonyl (C=O) groups excluding carboxylic acids is 2. The Morgan fingerprint density at radius 1 is 0.855 bits per heavy atom. The highest BCUT2D eigenvalue weighted by Gasteiger charge is 2.50. The summed E-state index contributed by atoms with van der Waals surface area (Å²) in [6.07, 6.45) is 1.95. The third-order valence-electron chi connectivity index (χ3n) is 12.0. The number of aliphatic hydroxyl groups excluding tert-OH is 7. The van der Waals surface area contributed by atoms with Gasteiger partial charge in [-0.15, -0.1) is 0 Å². The number of esters is 2. The van der Waals surface area contributed by atoms with Crippen molar-refractivity contribution in [1.29, 1.82) is 0 Å². The molecule has 2 unspecified atom stereocenters. The van der Waals surface area contributed by atoms with Crippen LogP contribution in [0.2, 0.25) is 0 Å². The maximum Gasteiger partial charge on any atom is 0.472 e. The highest BCUT2D eigenvalue weighted by Crippen LogP contribution is 2.49. The third-order valence-corrected chi connectivity index (χ3v) is 13.5. The number of hydrogen-bond donors (Lipinski definition) is 10. The van der Waals surface area contributed by atoms with Crippen molar-refractivity contribution >= 4 is 27.6 Å². The molecule has 2 bridgehead atoms. The average molecular weight is 1030 g/mol. The van der Waals surface area contributed by atoms with Crippen LogP contribution in [0.5, 0.6) is 0 Å². The van der Waals surface area contributed by atoms with E-state index in [-0.39, 0.29) is 38.5 Å². The lowest BCUT2D eigenvalue weighted by molar-refractivity contribution is -0.210. The average Bonchev–Trinajstić information content (AvgIpc) is 3.29. The van der Waals surface area contributed by atoms with E-state index in [1.54, 1.807) is 6.08 Å². The second-order valence-electron chi connectivity index (χ2n) is 18.1. The molecular weight excluding hydrogens is 946 g/mol. The number of allylic oxidation sites excluding steroid dienone is 4. The molecule has 2 heterocycles. The van der Waals surface area contributed by atoms with Crippen LogP contribution in [0.15, 0.2) is 36.5 Å². The summed E-state index contributed by atoms with van der Waals surface area (Å²) in [5, 5.41) is 78.9. The van der Waals surface area contributed by atoms with Gasteiger partial charge in [-0.05, 0) is 57.8 Å². The first kappa shape index (κ1) is 63.2. The van der Waals surface area contributed by atoms with Gasteiger partial charge in [0.25, 0.3) is 0 Å². The number of aliphatic hydroxyl groups is 7. The fourth-order valence-corrected chi connectivity index (χ4v) is 9.53. The molecule has 0 aromatic rings. The number of rotatable bonds is 25. The quantitative estimate of drug-likeness (QED) is 0.0230. The summed E-state index contributed by atoms with van der Waals surface area (Å²) in [4.78, 5) is 56.7. The second kappa shape index (κ2) is 35.3. The molecule has 0 amide bonds. The number of unbranched alkanes of at least 4 members (excludes halogenated alkanes) is 13. The number of hydrogen-bond acceptors (Lipinski definition) is 17. The lowest BCUT2D eigenvalue weighted by atomic mass is 9.83. The van der Waals surface area contributed by atoms with Crippen molar-refractivity contribution in [3.63, 3.8) is 0 Å². The molecular formula is C47H84O20P2. The Hall–Kier alpha value is -1.94. The smallest absolute Gasteiger partial charge is 0.462 e. The summed E-state index contributed by atoms with van der Waals surface area (Å²) in [5.74, 6) is -2.86. The first-order valence-corrected chi connectivity index (χ1v) is 28.0. The Morgan fingerprint density at radius 3 is 2.13 bits per heavy atom. The molecule has 0 spiro atoms. The van der Waals surface area contributed by atoms with Gasteiger partial charge in [-0.1, -0.05) is 121 Å². The van der Waals surface area contributed by atoms with E-state index in [1.807, 2.05) is 6.92 Å². The van der Waals surface area contributed by atoms with E-state index in [9.17, 15) is 69.1 Å². The Labute approximate surface area is 407 Å². The van der Waals surface area contributed by atoms with Crippen molar-refractivity contribution in [2.24, 2.45) is 5.92 Å². The normalized spacial score (nSPS) is 31.2. The number of fused-ring (bicyclic) bond motifs is 4. The first-order chi connectivity index (χ1) is 32.8. The lowest BCUT2D eigenvalue weighted by Crippen LogP contribution is -2.58. The van der Waals surface area contributed by atoms with E-state index in [1.165, 1.54) is 31.8 Å².